The molecule has 0 aliphatic rings. The van der Waals surface area contributed by atoms with Crippen LogP contribution in [0.4, 0.5) is 5.82 Å². The van der Waals surface area contributed by atoms with Gasteiger partial charge in [0.2, 0.25) is 0 Å². The van der Waals surface area contributed by atoms with Gasteiger partial charge in [0.1, 0.15) is 5.82 Å². The van der Waals surface area contributed by atoms with Gasteiger partial charge < -0.3 is 4.90 Å². The SMILES string of the molecule is CCN(CC(C)C)c1cc(CCl)ccn1. The van der Waals surface area contributed by atoms with Gasteiger partial charge in [0, 0.05) is 25.2 Å². The first kappa shape index (κ1) is 12.3. The molecule has 0 saturated carbocycles. The Balaban J connectivity index is 2.81. The van der Waals surface area contributed by atoms with E-state index in [-0.39, 0.29) is 0 Å². The highest BCUT2D eigenvalue weighted by atomic mass is 35.5. The standard InChI is InChI=1S/C12H19ClN2/c1-4-15(9-10(2)3)12-7-11(8-13)5-6-14-12/h5-7,10H,4,8-9H2,1-3H3. The molecular weight excluding hydrogens is 208 g/mol. The molecular formula is C12H19ClN2. The minimum atomic E-state index is 0.550. The highest BCUT2D eigenvalue weighted by molar-refractivity contribution is 6.17. The van der Waals surface area contributed by atoms with E-state index in [4.69, 9.17) is 11.6 Å². The van der Waals surface area contributed by atoms with E-state index in [0.717, 1.165) is 24.5 Å². The number of alkyl halides is 1. The summed E-state index contributed by atoms with van der Waals surface area (Å²) < 4.78 is 0. The van der Waals surface area contributed by atoms with Crippen molar-refractivity contribution in [3.8, 4) is 0 Å². The van der Waals surface area contributed by atoms with Gasteiger partial charge in [0.25, 0.3) is 0 Å². The van der Waals surface area contributed by atoms with Crippen LogP contribution in [0.3, 0.4) is 0 Å². The number of anilines is 1. The van der Waals surface area contributed by atoms with Gasteiger partial charge >= 0.3 is 0 Å². The molecule has 1 aromatic heterocycles. The van der Waals surface area contributed by atoms with Crippen molar-refractivity contribution in [2.24, 2.45) is 5.92 Å². The smallest absolute Gasteiger partial charge is 0.128 e. The summed E-state index contributed by atoms with van der Waals surface area (Å²) in [6.07, 6.45) is 1.83. The maximum atomic E-state index is 5.81. The second-order valence-electron chi connectivity index (χ2n) is 4.09. The molecule has 0 radical (unpaired) electrons. The van der Waals surface area contributed by atoms with E-state index >= 15 is 0 Å². The molecule has 1 aromatic rings. The van der Waals surface area contributed by atoms with Crippen LogP contribution < -0.4 is 4.90 Å². The topological polar surface area (TPSA) is 16.1 Å². The third-order valence-electron chi connectivity index (χ3n) is 2.26. The molecule has 2 nitrogen and oxygen atoms in total. The first-order valence-electron chi connectivity index (χ1n) is 5.43. The summed E-state index contributed by atoms with van der Waals surface area (Å²) in [6.45, 7) is 8.60. The Morgan fingerprint density at radius 2 is 2.20 bits per heavy atom. The highest BCUT2D eigenvalue weighted by Gasteiger charge is 2.07. The van der Waals surface area contributed by atoms with Crippen LogP contribution in [0, 0.1) is 5.92 Å². The van der Waals surface area contributed by atoms with E-state index in [1.165, 1.54) is 0 Å². The zero-order valence-electron chi connectivity index (χ0n) is 9.70. The van der Waals surface area contributed by atoms with Gasteiger partial charge in [-0.2, -0.15) is 0 Å². The lowest BCUT2D eigenvalue weighted by Crippen LogP contribution is -2.28. The minimum absolute atomic E-state index is 0.550. The average molecular weight is 227 g/mol. The van der Waals surface area contributed by atoms with Crippen LogP contribution in [0.1, 0.15) is 26.3 Å². The van der Waals surface area contributed by atoms with Gasteiger partial charge in [-0.3, -0.25) is 0 Å². The lowest BCUT2D eigenvalue weighted by atomic mass is 10.2. The summed E-state index contributed by atoms with van der Waals surface area (Å²) in [7, 11) is 0. The molecule has 0 saturated heterocycles. The molecule has 15 heavy (non-hydrogen) atoms. The van der Waals surface area contributed by atoms with Crippen molar-refractivity contribution in [3.05, 3.63) is 23.9 Å². The molecule has 0 aliphatic carbocycles. The van der Waals surface area contributed by atoms with Crippen molar-refractivity contribution >= 4 is 17.4 Å². The number of halogens is 1. The van der Waals surface area contributed by atoms with Crippen molar-refractivity contribution in [3.63, 3.8) is 0 Å². The molecule has 0 N–H and O–H groups in total. The largest absolute Gasteiger partial charge is 0.357 e. The lowest BCUT2D eigenvalue weighted by molar-refractivity contribution is 0.614. The van der Waals surface area contributed by atoms with Crippen molar-refractivity contribution in [1.29, 1.82) is 0 Å². The van der Waals surface area contributed by atoms with Crippen LogP contribution in [0.2, 0.25) is 0 Å². The fourth-order valence-corrected chi connectivity index (χ4v) is 1.71. The number of hydrogen-bond acceptors (Lipinski definition) is 2. The Kier molecular flexibility index (Phi) is 4.89. The Morgan fingerprint density at radius 3 is 2.73 bits per heavy atom. The quantitative estimate of drug-likeness (QED) is 0.717. The predicted molar refractivity (Wildman–Crippen MR) is 66.5 cm³/mol. The fourth-order valence-electron chi connectivity index (χ4n) is 1.54. The molecule has 0 fully saturated rings. The Morgan fingerprint density at radius 1 is 1.47 bits per heavy atom. The molecule has 0 spiro atoms. The summed E-state index contributed by atoms with van der Waals surface area (Å²) in [5.41, 5.74) is 1.13. The molecule has 1 rings (SSSR count). The first-order valence-corrected chi connectivity index (χ1v) is 5.96. The van der Waals surface area contributed by atoms with E-state index < -0.39 is 0 Å². The molecule has 0 aliphatic heterocycles. The van der Waals surface area contributed by atoms with Crippen LogP contribution in [0.5, 0.6) is 0 Å². The predicted octanol–water partition coefficient (Wildman–Crippen LogP) is 3.30. The van der Waals surface area contributed by atoms with Gasteiger partial charge in [-0.05, 0) is 30.5 Å². The second-order valence-corrected chi connectivity index (χ2v) is 4.36. The molecule has 0 atom stereocenters. The molecule has 0 unspecified atom stereocenters. The first-order chi connectivity index (χ1) is 7.17. The van der Waals surface area contributed by atoms with Crippen LogP contribution in [0.15, 0.2) is 18.3 Å². The maximum Gasteiger partial charge on any atom is 0.128 e. The molecule has 0 bridgehead atoms. The zero-order chi connectivity index (χ0) is 11.3. The van der Waals surface area contributed by atoms with Crippen LogP contribution in [-0.4, -0.2) is 18.1 Å². The number of aromatic nitrogens is 1. The van der Waals surface area contributed by atoms with Gasteiger partial charge in [-0.25, -0.2) is 4.98 Å². The number of hydrogen-bond donors (Lipinski definition) is 0. The van der Waals surface area contributed by atoms with E-state index in [9.17, 15) is 0 Å². The maximum absolute atomic E-state index is 5.81. The van der Waals surface area contributed by atoms with Crippen LogP contribution >= 0.6 is 11.6 Å². The molecule has 84 valence electrons. The van der Waals surface area contributed by atoms with Gasteiger partial charge in [0.15, 0.2) is 0 Å². The lowest BCUT2D eigenvalue weighted by Gasteiger charge is -2.24. The minimum Gasteiger partial charge on any atom is -0.357 e. The second kappa shape index (κ2) is 5.96. The number of nitrogens with zero attached hydrogens (tertiary/aromatic N) is 2. The third kappa shape index (κ3) is 3.71. The molecule has 0 aromatic carbocycles. The van der Waals surface area contributed by atoms with Gasteiger partial charge in [-0.15, -0.1) is 11.6 Å². The summed E-state index contributed by atoms with van der Waals surface area (Å²) >= 11 is 5.81. The number of rotatable bonds is 5. The Bertz CT molecular complexity index is 299. The number of pyridine rings is 1. The zero-order valence-corrected chi connectivity index (χ0v) is 10.5. The van der Waals surface area contributed by atoms with Gasteiger partial charge in [-0.1, -0.05) is 13.8 Å². The van der Waals surface area contributed by atoms with E-state index in [1.54, 1.807) is 0 Å². The Labute approximate surface area is 97.3 Å². The van der Waals surface area contributed by atoms with Gasteiger partial charge in [0.05, 0.1) is 0 Å². The van der Waals surface area contributed by atoms with Crippen molar-refractivity contribution in [2.75, 3.05) is 18.0 Å². The molecule has 3 heteroatoms. The monoisotopic (exact) mass is 226 g/mol. The summed E-state index contributed by atoms with van der Waals surface area (Å²) in [4.78, 5) is 6.66. The Hall–Kier alpha value is -0.760. The van der Waals surface area contributed by atoms with Crippen molar-refractivity contribution < 1.29 is 0 Å². The van der Waals surface area contributed by atoms with E-state index in [1.807, 2.05) is 12.3 Å². The van der Waals surface area contributed by atoms with E-state index in [2.05, 4.69) is 36.7 Å². The summed E-state index contributed by atoms with van der Waals surface area (Å²) in [5, 5.41) is 0. The van der Waals surface area contributed by atoms with Crippen molar-refractivity contribution in [2.45, 2.75) is 26.7 Å². The fraction of sp³-hybridized carbons (Fsp3) is 0.583. The van der Waals surface area contributed by atoms with Crippen LogP contribution in [0.25, 0.3) is 0 Å². The third-order valence-corrected chi connectivity index (χ3v) is 2.56. The summed E-state index contributed by atoms with van der Waals surface area (Å²) in [5.74, 6) is 2.23. The average Bonchev–Trinajstić information content (AvgIpc) is 2.25. The van der Waals surface area contributed by atoms with Crippen LogP contribution in [-0.2, 0) is 5.88 Å². The highest BCUT2D eigenvalue weighted by Crippen LogP contribution is 2.15. The normalized spacial score (nSPS) is 10.7. The molecule has 0 amide bonds. The molecule has 1 heterocycles. The summed E-state index contributed by atoms with van der Waals surface area (Å²) in [6, 6.07) is 4.03. The van der Waals surface area contributed by atoms with E-state index in [0.29, 0.717) is 11.8 Å². The van der Waals surface area contributed by atoms with Crippen molar-refractivity contribution in [1.82, 2.24) is 4.98 Å².